The van der Waals surface area contributed by atoms with Crippen LogP contribution in [-0.4, -0.2) is 45.2 Å². The summed E-state index contributed by atoms with van der Waals surface area (Å²) in [5.74, 6) is -1.51. The number of carboxylic acid groups (broad SMARTS) is 1. The minimum absolute atomic E-state index is 0.196. The van der Waals surface area contributed by atoms with E-state index in [2.05, 4.69) is 10.2 Å². The number of carboxylic acids is 1. The maximum Gasteiger partial charge on any atom is 0.308 e. The van der Waals surface area contributed by atoms with Gasteiger partial charge in [0.15, 0.2) is 5.69 Å². The van der Waals surface area contributed by atoms with Crippen molar-refractivity contribution in [2.24, 2.45) is 5.92 Å². The van der Waals surface area contributed by atoms with Gasteiger partial charge in [0.2, 0.25) is 0 Å². The molecule has 2 aromatic rings. The lowest BCUT2D eigenvalue weighted by atomic mass is 9.98. The van der Waals surface area contributed by atoms with E-state index in [1.54, 1.807) is 4.90 Å². The molecule has 110 valence electrons. The molecule has 1 aliphatic heterocycles. The van der Waals surface area contributed by atoms with E-state index in [0.29, 0.717) is 25.1 Å². The quantitative estimate of drug-likeness (QED) is 0.882. The van der Waals surface area contributed by atoms with Crippen molar-refractivity contribution in [2.75, 3.05) is 13.1 Å². The van der Waals surface area contributed by atoms with Crippen molar-refractivity contribution in [3.63, 3.8) is 0 Å². The van der Waals surface area contributed by atoms with Gasteiger partial charge in [-0.2, -0.15) is 5.10 Å². The van der Waals surface area contributed by atoms with Crippen molar-refractivity contribution >= 4 is 22.8 Å². The van der Waals surface area contributed by atoms with Gasteiger partial charge in [0.25, 0.3) is 5.91 Å². The van der Waals surface area contributed by atoms with Crippen LogP contribution in [0.15, 0.2) is 18.2 Å². The Balaban J connectivity index is 1.90. The molecule has 2 N–H and O–H groups in total. The number of aryl methyl sites for hydroxylation is 1. The normalized spacial score (nSPS) is 18.9. The Morgan fingerprint density at radius 2 is 2.24 bits per heavy atom. The van der Waals surface area contributed by atoms with Gasteiger partial charge in [0, 0.05) is 18.5 Å². The molecule has 6 nitrogen and oxygen atoms in total. The van der Waals surface area contributed by atoms with Gasteiger partial charge in [-0.3, -0.25) is 14.7 Å². The van der Waals surface area contributed by atoms with E-state index in [1.807, 2.05) is 25.1 Å². The van der Waals surface area contributed by atoms with E-state index in [-0.39, 0.29) is 12.5 Å². The summed E-state index contributed by atoms with van der Waals surface area (Å²) >= 11 is 0. The van der Waals surface area contributed by atoms with Crippen molar-refractivity contribution < 1.29 is 14.7 Å². The number of likely N-dealkylation sites (tertiary alicyclic amines) is 1. The van der Waals surface area contributed by atoms with Crippen LogP contribution in [0.1, 0.15) is 28.9 Å². The fraction of sp³-hybridized carbons (Fsp3) is 0.400. The number of benzene rings is 1. The third-order valence-electron chi connectivity index (χ3n) is 3.98. The summed E-state index contributed by atoms with van der Waals surface area (Å²) in [4.78, 5) is 25.3. The van der Waals surface area contributed by atoms with Gasteiger partial charge < -0.3 is 10.0 Å². The molecule has 21 heavy (non-hydrogen) atoms. The molecule has 1 aromatic carbocycles. The minimum atomic E-state index is -0.838. The lowest BCUT2D eigenvalue weighted by Gasteiger charge is -2.30. The van der Waals surface area contributed by atoms with Gasteiger partial charge in [0.05, 0.1) is 11.4 Å². The zero-order chi connectivity index (χ0) is 15.0. The maximum absolute atomic E-state index is 12.6. The van der Waals surface area contributed by atoms with E-state index in [9.17, 15) is 9.59 Å². The van der Waals surface area contributed by atoms with Crippen LogP contribution < -0.4 is 0 Å². The van der Waals surface area contributed by atoms with Crippen LogP contribution >= 0.6 is 0 Å². The minimum Gasteiger partial charge on any atom is -0.481 e. The first-order valence-electron chi connectivity index (χ1n) is 7.03. The summed E-state index contributed by atoms with van der Waals surface area (Å²) < 4.78 is 0. The second kappa shape index (κ2) is 5.20. The van der Waals surface area contributed by atoms with Crippen LogP contribution in [-0.2, 0) is 4.79 Å². The van der Waals surface area contributed by atoms with Crippen LogP contribution in [0.3, 0.4) is 0 Å². The summed E-state index contributed by atoms with van der Waals surface area (Å²) in [7, 11) is 0. The monoisotopic (exact) mass is 287 g/mol. The lowest BCUT2D eigenvalue weighted by molar-refractivity contribution is -0.143. The SMILES string of the molecule is Cc1ccc2[nH]nc(C(=O)N3CCCC(C(=O)O)C3)c2c1. The first-order chi connectivity index (χ1) is 10.1. The first kappa shape index (κ1) is 13.6. The number of hydrogen-bond donors (Lipinski definition) is 2. The fourth-order valence-electron chi connectivity index (χ4n) is 2.80. The second-order valence-corrected chi connectivity index (χ2v) is 5.55. The number of H-pyrrole nitrogens is 1. The highest BCUT2D eigenvalue weighted by Gasteiger charge is 2.30. The van der Waals surface area contributed by atoms with Crippen molar-refractivity contribution in [1.82, 2.24) is 15.1 Å². The Kier molecular flexibility index (Phi) is 3.37. The average Bonchev–Trinajstić information content (AvgIpc) is 2.89. The molecule has 0 aliphatic carbocycles. The number of nitrogens with one attached hydrogen (secondary N) is 1. The van der Waals surface area contributed by atoms with Crippen molar-refractivity contribution in [1.29, 1.82) is 0 Å². The third kappa shape index (κ3) is 2.49. The van der Waals surface area contributed by atoms with E-state index in [0.717, 1.165) is 16.5 Å². The van der Waals surface area contributed by atoms with E-state index >= 15 is 0 Å². The van der Waals surface area contributed by atoms with Gasteiger partial charge >= 0.3 is 5.97 Å². The van der Waals surface area contributed by atoms with Gasteiger partial charge in [0.1, 0.15) is 0 Å². The van der Waals surface area contributed by atoms with Crippen molar-refractivity contribution in [3.8, 4) is 0 Å². The van der Waals surface area contributed by atoms with Gasteiger partial charge in [-0.05, 0) is 31.9 Å². The molecule has 6 heteroatoms. The largest absolute Gasteiger partial charge is 0.481 e. The average molecular weight is 287 g/mol. The Morgan fingerprint density at radius 1 is 1.43 bits per heavy atom. The van der Waals surface area contributed by atoms with E-state index in [1.165, 1.54) is 0 Å². The second-order valence-electron chi connectivity index (χ2n) is 5.55. The van der Waals surface area contributed by atoms with Crippen molar-refractivity contribution in [3.05, 3.63) is 29.5 Å². The van der Waals surface area contributed by atoms with Gasteiger partial charge in [-0.1, -0.05) is 11.6 Å². The molecule has 1 amide bonds. The lowest BCUT2D eigenvalue weighted by Crippen LogP contribution is -2.42. The summed E-state index contributed by atoms with van der Waals surface area (Å²) in [5.41, 5.74) is 2.25. The standard InChI is InChI=1S/C15H17N3O3/c1-9-4-5-12-11(7-9)13(17-16-12)14(19)18-6-2-3-10(8-18)15(20)21/h4-5,7,10H,2-3,6,8H2,1H3,(H,16,17)(H,20,21). The molecule has 0 spiro atoms. The summed E-state index contributed by atoms with van der Waals surface area (Å²) in [6.07, 6.45) is 1.34. The van der Waals surface area contributed by atoms with Crippen LogP contribution in [0.4, 0.5) is 0 Å². The van der Waals surface area contributed by atoms with Crippen molar-refractivity contribution in [2.45, 2.75) is 19.8 Å². The highest BCUT2D eigenvalue weighted by Crippen LogP contribution is 2.22. The Hall–Kier alpha value is -2.37. The number of aromatic nitrogens is 2. The zero-order valence-corrected chi connectivity index (χ0v) is 11.8. The molecule has 0 bridgehead atoms. The molecule has 2 heterocycles. The molecular formula is C15H17N3O3. The Labute approximate surface area is 121 Å². The number of carbonyl (C=O) groups excluding carboxylic acids is 1. The highest BCUT2D eigenvalue weighted by atomic mass is 16.4. The molecule has 1 atom stereocenters. The predicted molar refractivity (Wildman–Crippen MR) is 77.1 cm³/mol. The number of fused-ring (bicyclic) bond motifs is 1. The number of nitrogens with zero attached hydrogens (tertiary/aromatic N) is 2. The highest BCUT2D eigenvalue weighted by molar-refractivity contribution is 6.04. The fourth-order valence-corrected chi connectivity index (χ4v) is 2.80. The Morgan fingerprint density at radius 3 is 3.00 bits per heavy atom. The molecular weight excluding hydrogens is 270 g/mol. The number of hydrogen-bond acceptors (Lipinski definition) is 3. The molecule has 1 aliphatic rings. The third-order valence-corrected chi connectivity index (χ3v) is 3.98. The zero-order valence-electron chi connectivity index (χ0n) is 11.8. The molecule has 3 rings (SSSR count). The maximum atomic E-state index is 12.6. The van der Waals surface area contributed by atoms with E-state index < -0.39 is 11.9 Å². The summed E-state index contributed by atoms with van der Waals surface area (Å²) in [6, 6.07) is 5.77. The van der Waals surface area contributed by atoms with Crippen LogP contribution in [0.2, 0.25) is 0 Å². The topological polar surface area (TPSA) is 86.3 Å². The molecule has 0 radical (unpaired) electrons. The molecule has 0 saturated carbocycles. The van der Waals surface area contributed by atoms with Crippen LogP contribution in [0.5, 0.6) is 0 Å². The summed E-state index contributed by atoms with van der Waals surface area (Å²) in [5, 5.41) is 16.9. The molecule has 1 saturated heterocycles. The van der Waals surface area contributed by atoms with Crippen LogP contribution in [0.25, 0.3) is 10.9 Å². The number of aromatic amines is 1. The first-order valence-corrected chi connectivity index (χ1v) is 7.03. The smallest absolute Gasteiger partial charge is 0.308 e. The Bertz CT molecular complexity index is 707. The number of carbonyl (C=O) groups is 2. The number of piperidine rings is 1. The van der Waals surface area contributed by atoms with Gasteiger partial charge in [-0.15, -0.1) is 0 Å². The molecule has 1 aromatic heterocycles. The molecule has 1 fully saturated rings. The predicted octanol–water partition coefficient (Wildman–Crippen LogP) is 1.81. The number of aliphatic carboxylic acids is 1. The van der Waals surface area contributed by atoms with Crippen LogP contribution in [0, 0.1) is 12.8 Å². The number of amides is 1. The van der Waals surface area contributed by atoms with Gasteiger partial charge in [-0.25, -0.2) is 0 Å². The summed E-state index contributed by atoms with van der Waals surface area (Å²) in [6.45, 7) is 2.80. The molecule has 1 unspecified atom stereocenters. The number of rotatable bonds is 2. The van der Waals surface area contributed by atoms with E-state index in [4.69, 9.17) is 5.11 Å².